The summed E-state index contributed by atoms with van der Waals surface area (Å²) in [6.45, 7) is 0.563. The van der Waals surface area contributed by atoms with Crippen molar-refractivity contribution in [1.82, 2.24) is 20.0 Å². The molecule has 21 heavy (non-hydrogen) atoms. The number of imide groups is 1. The van der Waals surface area contributed by atoms with Crippen molar-refractivity contribution in [2.24, 2.45) is 0 Å². The topological polar surface area (TPSA) is 154 Å². The van der Waals surface area contributed by atoms with Gasteiger partial charge in [-0.25, -0.2) is 14.5 Å². The van der Waals surface area contributed by atoms with Crippen molar-refractivity contribution in [2.45, 2.75) is 32.5 Å². The van der Waals surface area contributed by atoms with E-state index in [9.17, 15) is 24.6 Å². The van der Waals surface area contributed by atoms with Gasteiger partial charge in [-0.2, -0.15) is 0 Å². The monoisotopic (exact) mass is 306 g/mol. The molecule has 3 unspecified atom stereocenters. The van der Waals surface area contributed by atoms with Crippen LogP contribution in [0.5, 0.6) is 0 Å². The van der Waals surface area contributed by atoms with Crippen LogP contribution >= 0.6 is 0 Å². The van der Waals surface area contributed by atoms with Crippen LogP contribution in [0, 0.1) is 0 Å². The Bertz CT molecular complexity index is 428. The molecule has 120 valence electrons. The summed E-state index contributed by atoms with van der Waals surface area (Å²) in [6.07, 6.45) is -4.39. The van der Waals surface area contributed by atoms with Gasteiger partial charge < -0.3 is 25.7 Å². The van der Waals surface area contributed by atoms with E-state index in [1.54, 1.807) is 0 Å². The fraction of sp³-hybridized carbons (Fsp3) is 0.700. The number of rotatable bonds is 5. The lowest BCUT2D eigenvalue weighted by atomic mass is 10.3. The maximum absolute atomic E-state index is 12.0. The van der Waals surface area contributed by atoms with Crippen LogP contribution in [0.15, 0.2) is 0 Å². The van der Waals surface area contributed by atoms with Crippen molar-refractivity contribution >= 4 is 18.0 Å². The van der Waals surface area contributed by atoms with Crippen molar-refractivity contribution in [2.75, 3.05) is 13.5 Å². The minimum Gasteiger partial charge on any atom is -0.376 e. The molecule has 1 rings (SSSR count). The van der Waals surface area contributed by atoms with Crippen LogP contribution in [-0.2, 0) is 4.79 Å². The number of nitrogens with one attached hydrogen (secondary N) is 1. The molecule has 11 heteroatoms. The molecule has 1 fully saturated rings. The molecule has 1 heterocycles. The Morgan fingerprint density at radius 3 is 2.24 bits per heavy atom. The summed E-state index contributed by atoms with van der Waals surface area (Å²) < 4.78 is 0. The first-order valence-corrected chi connectivity index (χ1v) is 6.04. The molecule has 0 spiro atoms. The third-order valence-corrected chi connectivity index (χ3v) is 2.79. The summed E-state index contributed by atoms with van der Waals surface area (Å²) in [4.78, 5) is 37.3. The minimum atomic E-state index is -1.63. The molecule has 5 amide bonds. The zero-order valence-electron chi connectivity index (χ0n) is 11.5. The summed E-state index contributed by atoms with van der Waals surface area (Å²) in [5.41, 5.74) is 0. The lowest BCUT2D eigenvalue weighted by Gasteiger charge is -2.33. The maximum Gasteiger partial charge on any atom is 0.332 e. The smallest absolute Gasteiger partial charge is 0.332 e. The van der Waals surface area contributed by atoms with E-state index in [1.807, 2.05) is 5.32 Å². The van der Waals surface area contributed by atoms with Gasteiger partial charge in [-0.3, -0.25) is 14.6 Å². The highest BCUT2D eigenvalue weighted by Crippen LogP contribution is 2.21. The Balaban J connectivity index is 3.14. The molecule has 0 bridgehead atoms. The number of urea groups is 2. The SMILES string of the molecule is CC(O)NC(=O)N(C(C)O)C1C(=O)N(CO)C(=O)N1CO. The van der Waals surface area contributed by atoms with Crippen LogP contribution in [-0.4, -0.2) is 85.2 Å². The van der Waals surface area contributed by atoms with E-state index in [-0.39, 0.29) is 0 Å². The van der Waals surface area contributed by atoms with Gasteiger partial charge in [-0.05, 0) is 13.8 Å². The van der Waals surface area contributed by atoms with Crippen molar-refractivity contribution in [3.63, 3.8) is 0 Å². The van der Waals surface area contributed by atoms with E-state index < -0.39 is 50.1 Å². The van der Waals surface area contributed by atoms with Crippen LogP contribution in [0.1, 0.15) is 13.8 Å². The van der Waals surface area contributed by atoms with Crippen LogP contribution in [0.3, 0.4) is 0 Å². The minimum absolute atomic E-state index is 0.409. The van der Waals surface area contributed by atoms with Gasteiger partial charge in [0.1, 0.15) is 25.9 Å². The first-order valence-electron chi connectivity index (χ1n) is 6.04. The Hall–Kier alpha value is -1.95. The van der Waals surface area contributed by atoms with E-state index in [0.29, 0.717) is 14.7 Å². The predicted octanol–water partition coefficient (Wildman–Crippen LogP) is -2.84. The molecule has 1 saturated heterocycles. The number of hydrogen-bond donors (Lipinski definition) is 5. The van der Waals surface area contributed by atoms with Gasteiger partial charge in [0.15, 0.2) is 6.17 Å². The van der Waals surface area contributed by atoms with Gasteiger partial charge in [0.2, 0.25) is 0 Å². The van der Waals surface area contributed by atoms with Gasteiger partial charge in [0, 0.05) is 0 Å². The van der Waals surface area contributed by atoms with Gasteiger partial charge >= 0.3 is 12.1 Å². The van der Waals surface area contributed by atoms with Crippen LogP contribution < -0.4 is 5.32 Å². The van der Waals surface area contributed by atoms with Gasteiger partial charge in [-0.15, -0.1) is 0 Å². The average Bonchev–Trinajstić information content (AvgIpc) is 2.59. The number of amides is 5. The van der Waals surface area contributed by atoms with Crippen LogP contribution in [0.25, 0.3) is 0 Å². The second-order valence-corrected chi connectivity index (χ2v) is 4.34. The number of aliphatic hydroxyl groups excluding tert-OH is 4. The molecule has 0 aliphatic carbocycles. The predicted molar refractivity (Wildman–Crippen MR) is 65.8 cm³/mol. The molecule has 0 radical (unpaired) electrons. The maximum atomic E-state index is 12.0. The summed E-state index contributed by atoms with van der Waals surface area (Å²) in [5.74, 6) is -0.988. The molecule has 0 saturated carbocycles. The fourth-order valence-corrected chi connectivity index (χ4v) is 1.90. The molecule has 11 nitrogen and oxygen atoms in total. The first kappa shape index (κ1) is 17.1. The number of carbonyl (C=O) groups is 3. The van der Waals surface area contributed by atoms with E-state index in [4.69, 9.17) is 10.2 Å². The second-order valence-electron chi connectivity index (χ2n) is 4.34. The molecule has 1 aliphatic rings. The van der Waals surface area contributed by atoms with Crippen LogP contribution in [0.4, 0.5) is 9.59 Å². The van der Waals surface area contributed by atoms with Gasteiger partial charge in [0.05, 0.1) is 0 Å². The Kier molecular flexibility index (Phi) is 5.43. The fourth-order valence-electron chi connectivity index (χ4n) is 1.90. The van der Waals surface area contributed by atoms with E-state index >= 15 is 0 Å². The lowest BCUT2D eigenvalue weighted by molar-refractivity contribution is -0.139. The third-order valence-electron chi connectivity index (χ3n) is 2.79. The summed E-state index contributed by atoms with van der Waals surface area (Å²) in [5, 5.41) is 39.0. The normalized spacial score (nSPS) is 21.5. The quantitative estimate of drug-likeness (QED) is 0.271. The molecular formula is C10H18N4O7. The number of carbonyl (C=O) groups excluding carboxylic acids is 3. The van der Waals surface area contributed by atoms with Crippen molar-refractivity contribution in [1.29, 1.82) is 0 Å². The highest BCUT2D eigenvalue weighted by atomic mass is 16.3. The molecule has 5 N–H and O–H groups in total. The second kappa shape index (κ2) is 6.67. The standard InChI is InChI=1S/C10H18N4O7/c1-5(17)11-9(20)14(6(2)18)7-8(19)13(4-16)10(21)12(7)3-15/h5-7,15-18H,3-4H2,1-2H3,(H,11,20). The molecular weight excluding hydrogens is 288 g/mol. The number of nitrogens with zero attached hydrogens (tertiary/aromatic N) is 3. The average molecular weight is 306 g/mol. The highest BCUT2D eigenvalue weighted by molar-refractivity contribution is 6.05. The van der Waals surface area contributed by atoms with Gasteiger partial charge in [-0.1, -0.05) is 0 Å². The Morgan fingerprint density at radius 1 is 1.29 bits per heavy atom. The summed E-state index contributed by atoms with van der Waals surface area (Å²) in [7, 11) is 0. The van der Waals surface area contributed by atoms with E-state index in [1.165, 1.54) is 6.92 Å². The zero-order valence-corrected chi connectivity index (χ0v) is 11.5. The van der Waals surface area contributed by atoms with Crippen LogP contribution in [0.2, 0.25) is 0 Å². The molecule has 0 aromatic rings. The number of aliphatic hydroxyl groups is 4. The molecule has 0 aromatic carbocycles. The van der Waals surface area contributed by atoms with Gasteiger partial charge in [0.25, 0.3) is 5.91 Å². The van der Waals surface area contributed by atoms with Crippen molar-refractivity contribution in [3.8, 4) is 0 Å². The Labute approximate surface area is 120 Å². The number of hydrogen-bond acceptors (Lipinski definition) is 7. The summed E-state index contributed by atoms with van der Waals surface area (Å²) in [6, 6.07) is -2.03. The lowest BCUT2D eigenvalue weighted by Crippen LogP contribution is -2.59. The van der Waals surface area contributed by atoms with Crippen molar-refractivity contribution < 1.29 is 34.8 Å². The first-order chi connectivity index (χ1) is 9.76. The van der Waals surface area contributed by atoms with Crippen molar-refractivity contribution in [3.05, 3.63) is 0 Å². The van der Waals surface area contributed by atoms with E-state index in [0.717, 1.165) is 6.92 Å². The molecule has 1 aliphatic heterocycles. The Morgan fingerprint density at radius 2 is 1.86 bits per heavy atom. The molecule has 0 aromatic heterocycles. The zero-order chi connectivity index (χ0) is 16.3. The third kappa shape index (κ3) is 3.21. The largest absolute Gasteiger partial charge is 0.376 e. The molecule has 3 atom stereocenters. The highest BCUT2D eigenvalue weighted by Gasteiger charge is 2.50. The van der Waals surface area contributed by atoms with E-state index in [2.05, 4.69) is 0 Å². The summed E-state index contributed by atoms with van der Waals surface area (Å²) >= 11 is 0.